The summed E-state index contributed by atoms with van der Waals surface area (Å²) in [6.45, 7) is 0. The average molecular weight is 180 g/mol. The topological polar surface area (TPSA) is 60.4 Å². The van der Waals surface area contributed by atoms with Crippen LogP contribution >= 0.6 is 0 Å². The molecule has 0 heterocycles. The van der Waals surface area contributed by atoms with Crippen molar-refractivity contribution in [3.8, 4) is 0 Å². The molecule has 0 bridgehead atoms. The van der Waals surface area contributed by atoms with Crippen molar-refractivity contribution in [3.63, 3.8) is 0 Å². The number of hydrogen-bond acceptors (Lipinski definition) is 4. The molecule has 0 aliphatic heterocycles. The number of sulfone groups is 1. The van der Waals surface area contributed by atoms with E-state index in [2.05, 4.69) is 4.74 Å². The van der Waals surface area contributed by atoms with Crippen LogP contribution in [0.1, 0.15) is 12.8 Å². The zero-order valence-electron chi connectivity index (χ0n) is 6.66. The molecule has 5 heteroatoms. The third-order valence-electron chi connectivity index (χ3n) is 1.12. The van der Waals surface area contributed by atoms with Crippen LogP contribution in [0.3, 0.4) is 0 Å². The summed E-state index contributed by atoms with van der Waals surface area (Å²) in [5, 5.41) is 0. The molecule has 0 aromatic heterocycles. The highest BCUT2D eigenvalue weighted by atomic mass is 32.2. The summed E-state index contributed by atoms with van der Waals surface area (Å²) in [6.07, 6.45) is 1.65. The fourth-order valence-electron chi connectivity index (χ4n) is 0.581. The normalized spacial score (nSPS) is 11.1. The maximum atomic E-state index is 10.5. The molecule has 0 aliphatic carbocycles. The Morgan fingerprint density at radius 2 is 2.00 bits per heavy atom. The lowest BCUT2D eigenvalue weighted by atomic mass is 10.3. The minimum absolute atomic E-state index is 0.0437. The fourth-order valence-corrected chi connectivity index (χ4v) is 1.25. The number of hydrogen-bond donors (Lipinski definition) is 0. The van der Waals surface area contributed by atoms with E-state index in [1.807, 2.05) is 0 Å². The SMILES string of the molecule is COC(=O)CCCS(C)(=O)=O. The Morgan fingerprint density at radius 1 is 1.45 bits per heavy atom. The lowest BCUT2D eigenvalue weighted by Crippen LogP contribution is -2.07. The van der Waals surface area contributed by atoms with Gasteiger partial charge in [-0.1, -0.05) is 0 Å². The molecule has 0 aromatic rings. The van der Waals surface area contributed by atoms with Crippen LogP contribution in [0, 0.1) is 0 Å². The molecule has 0 N–H and O–H groups in total. The lowest BCUT2D eigenvalue weighted by Gasteiger charge is -1.97. The van der Waals surface area contributed by atoms with Crippen LogP contribution in [-0.4, -0.2) is 33.5 Å². The van der Waals surface area contributed by atoms with Crippen molar-refractivity contribution in [1.29, 1.82) is 0 Å². The number of esters is 1. The van der Waals surface area contributed by atoms with Gasteiger partial charge in [0.1, 0.15) is 9.84 Å². The summed E-state index contributed by atoms with van der Waals surface area (Å²) >= 11 is 0. The zero-order chi connectivity index (χ0) is 8.91. The maximum Gasteiger partial charge on any atom is 0.305 e. The first-order valence-electron chi connectivity index (χ1n) is 3.20. The van der Waals surface area contributed by atoms with Gasteiger partial charge in [0.15, 0.2) is 0 Å². The summed E-state index contributed by atoms with van der Waals surface area (Å²) < 4.78 is 25.4. The second-order valence-electron chi connectivity index (χ2n) is 2.31. The highest BCUT2D eigenvalue weighted by Gasteiger charge is 2.04. The van der Waals surface area contributed by atoms with Crippen LogP contribution in [0.2, 0.25) is 0 Å². The molecule has 11 heavy (non-hydrogen) atoms. The van der Waals surface area contributed by atoms with E-state index in [4.69, 9.17) is 0 Å². The number of rotatable bonds is 4. The molecular formula is C6H12O4S. The molecule has 0 aromatic carbocycles. The summed E-state index contributed by atoms with van der Waals surface area (Å²) in [4.78, 5) is 10.5. The Labute approximate surface area is 66.5 Å². The second-order valence-corrected chi connectivity index (χ2v) is 4.57. The van der Waals surface area contributed by atoms with Gasteiger partial charge in [0.25, 0.3) is 0 Å². The molecule has 0 unspecified atom stereocenters. The summed E-state index contributed by atoms with van der Waals surface area (Å²) in [6, 6.07) is 0. The standard InChI is InChI=1S/C6H12O4S/c1-10-6(7)4-3-5-11(2,8)9/h3-5H2,1-2H3. The molecule has 0 rings (SSSR count). The number of methoxy groups -OCH3 is 1. The molecule has 0 aliphatic rings. The summed E-state index contributed by atoms with van der Waals surface area (Å²) in [7, 11) is -1.66. The van der Waals surface area contributed by atoms with E-state index in [1.165, 1.54) is 7.11 Å². The molecule has 0 atom stereocenters. The van der Waals surface area contributed by atoms with Crippen LogP contribution in [0.25, 0.3) is 0 Å². The molecule has 66 valence electrons. The van der Waals surface area contributed by atoms with Crippen LogP contribution in [0.4, 0.5) is 0 Å². The van der Waals surface area contributed by atoms with Gasteiger partial charge in [0, 0.05) is 12.7 Å². The Hall–Kier alpha value is -0.580. The van der Waals surface area contributed by atoms with Gasteiger partial charge in [0.05, 0.1) is 12.9 Å². The van der Waals surface area contributed by atoms with E-state index >= 15 is 0 Å². The zero-order valence-corrected chi connectivity index (χ0v) is 7.48. The minimum atomic E-state index is -2.94. The maximum absolute atomic E-state index is 10.5. The Balaban J connectivity index is 3.51. The monoisotopic (exact) mass is 180 g/mol. The predicted molar refractivity (Wildman–Crippen MR) is 41.0 cm³/mol. The van der Waals surface area contributed by atoms with Gasteiger partial charge in [-0.3, -0.25) is 4.79 Å². The molecular weight excluding hydrogens is 168 g/mol. The highest BCUT2D eigenvalue weighted by Crippen LogP contribution is 1.95. The van der Waals surface area contributed by atoms with E-state index in [0.717, 1.165) is 6.26 Å². The fraction of sp³-hybridized carbons (Fsp3) is 0.833. The summed E-state index contributed by atoms with van der Waals surface area (Å²) in [5.74, 6) is -0.323. The number of ether oxygens (including phenoxy) is 1. The van der Waals surface area contributed by atoms with Gasteiger partial charge in [0.2, 0.25) is 0 Å². The molecule has 0 saturated carbocycles. The van der Waals surface area contributed by atoms with E-state index < -0.39 is 9.84 Å². The molecule has 0 saturated heterocycles. The number of carbonyl (C=O) groups is 1. The third kappa shape index (κ3) is 7.32. The van der Waals surface area contributed by atoms with Crippen molar-refractivity contribution in [2.24, 2.45) is 0 Å². The largest absolute Gasteiger partial charge is 0.469 e. The van der Waals surface area contributed by atoms with Gasteiger partial charge in [-0.2, -0.15) is 0 Å². The van der Waals surface area contributed by atoms with E-state index in [9.17, 15) is 13.2 Å². The van der Waals surface area contributed by atoms with Gasteiger partial charge >= 0.3 is 5.97 Å². The highest BCUT2D eigenvalue weighted by molar-refractivity contribution is 7.90. The number of carbonyl (C=O) groups excluding carboxylic acids is 1. The summed E-state index contributed by atoms with van der Waals surface area (Å²) in [5.41, 5.74) is 0. The first-order chi connectivity index (χ1) is 4.95. The van der Waals surface area contributed by atoms with Crippen molar-refractivity contribution in [2.75, 3.05) is 19.1 Å². The van der Waals surface area contributed by atoms with Crippen molar-refractivity contribution in [2.45, 2.75) is 12.8 Å². The van der Waals surface area contributed by atoms with Crippen molar-refractivity contribution in [3.05, 3.63) is 0 Å². The first-order valence-corrected chi connectivity index (χ1v) is 5.26. The Bertz CT molecular complexity index is 217. The molecule has 0 amide bonds. The van der Waals surface area contributed by atoms with Crippen LogP contribution in [0.5, 0.6) is 0 Å². The average Bonchev–Trinajstić information content (AvgIpc) is 1.85. The van der Waals surface area contributed by atoms with Gasteiger partial charge in [-0.25, -0.2) is 8.42 Å². The van der Waals surface area contributed by atoms with Gasteiger partial charge in [-0.05, 0) is 6.42 Å². The quantitative estimate of drug-likeness (QED) is 0.571. The second kappa shape index (κ2) is 4.33. The minimum Gasteiger partial charge on any atom is -0.469 e. The Kier molecular flexibility index (Phi) is 4.10. The molecule has 0 radical (unpaired) electrons. The van der Waals surface area contributed by atoms with Crippen LogP contribution < -0.4 is 0 Å². The van der Waals surface area contributed by atoms with Crippen molar-refractivity contribution < 1.29 is 17.9 Å². The molecule has 4 nitrogen and oxygen atoms in total. The third-order valence-corrected chi connectivity index (χ3v) is 2.15. The molecule has 0 spiro atoms. The van der Waals surface area contributed by atoms with Crippen molar-refractivity contribution >= 4 is 15.8 Å². The van der Waals surface area contributed by atoms with E-state index in [1.54, 1.807) is 0 Å². The van der Waals surface area contributed by atoms with E-state index in [0.29, 0.717) is 6.42 Å². The Morgan fingerprint density at radius 3 is 2.36 bits per heavy atom. The van der Waals surface area contributed by atoms with Crippen LogP contribution in [-0.2, 0) is 19.4 Å². The lowest BCUT2D eigenvalue weighted by molar-refractivity contribution is -0.140. The van der Waals surface area contributed by atoms with Crippen LogP contribution in [0.15, 0.2) is 0 Å². The molecule has 0 fully saturated rings. The smallest absolute Gasteiger partial charge is 0.305 e. The van der Waals surface area contributed by atoms with Gasteiger partial charge in [-0.15, -0.1) is 0 Å². The van der Waals surface area contributed by atoms with Crippen molar-refractivity contribution in [1.82, 2.24) is 0 Å². The van der Waals surface area contributed by atoms with E-state index in [-0.39, 0.29) is 18.1 Å². The van der Waals surface area contributed by atoms with Gasteiger partial charge < -0.3 is 4.74 Å². The first kappa shape index (κ1) is 10.4. The predicted octanol–water partition coefficient (Wildman–Crippen LogP) is -0.0158.